The van der Waals surface area contributed by atoms with Crippen LogP contribution in [0.1, 0.15) is 20.8 Å². The van der Waals surface area contributed by atoms with Crippen molar-refractivity contribution >= 4 is 32.8 Å². The number of carbonyl (C=O) groups is 2. The summed E-state index contributed by atoms with van der Waals surface area (Å²) in [5, 5.41) is 7.08. The Balaban J connectivity index is 1.91. The van der Waals surface area contributed by atoms with E-state index in [4.69, 9.17) is 0 Å². The van der Waals surface area contributed by atoms with Gasteiger partial charge in [-0.25, -0.2) is 17.9 Å². The van der Waals surface area contributed by atoms with Crippen molar-refractivity contribution in [2.24, 2.45) is 0 Å². The van der Waals surface area contributed by atoms with Crippen molar-refractivity contribution in [1.82, 2.24) is 19.8 Å². The number of H-pyrrole nitrogens is 1. The van der Waals surface area contributed by atoms with Crippen molar-refractivity contribution in [2.75, 3.05) is 32.5 Å². The first-order valence-corrected chi connectivity index (χ1v) is 8.89. The van der Waals surface area contributed by atoms with Gasteiger partial charge in [-0.2, -0.15) is 5.10 Å². The van der Waals surface area contributed by atoms with E-state index in [0.29, 0.717) is 16.5 Å². The Morgan fingerprint density at radius 3 is 2.83 bits per heavy atom. The number of ether oxygens (including phenoxy) is 1. The number of benzene rings is 1. The zero-order valence-corrected chi connectivity index (χ0v) is 13.7. The second-order valence-electron chi connectivity index (χ2n) is 5.33. The van der Waals surface area contributed by atoms with E-state index in [9.17, 15) is 18.0 Å². The predicted octanol–water partition coefficient (Wildman–Crippen LogP) is -0.275. The van der Waals surface area contributed by atoms with E-state index in [1.54, 1.807) is 18.2 Å². The maximum absolute atomic E-state index is 12.6. The zero-order valence-electron chi connectivity index (χ0n) is 12.9. The maximum atomic E-state index is 12.6. The third-order valence-electron chi connectivity index (χ3n) is 3.81. The SMILES string of the molecule is COC(=O)c1n[nH]c2ccc(C(=O)N3CCNS(=O)(=O)CC3)cc12. The summed E-state index contributed by atoms with van der Waals surface area (Å²) in [5.41, 5.74) is 1.06. The van der Waals surface area contributed by atoms with Crippen LogP contribution in [0, 0.1) is 0 Å². The second-order valence-corrected chi connectivity index (χ2v) is 7.26. The van der Waals surface area contributed by atoms with Gasteiger partial charge < -0.3 is 9.64 Å². The minimum absolute atomic E-state index is 0.0993. The summed E-state index contributed by atoms with van der Waals surface area (Å²) < 4.78 is 30.2. The van der Waals surface area contributed by atoms with Crippen LogP contribution >= 0.6 is 0 Å². The number of aromatic amines is 1. The summed E-state index contributed by atoms with van der Waals surface area (Å²) in [5.74, 6) is -1.04. The summed E-state index contributed by atoms with van der Waals surface area (Å²) in [7, 11) is -2.08. The second kappa shape index (κ2) is 6.21. The van der Waals surface area contributed by atoms with Crippen LogP contribution in [0.25, 0.3) is 10.9 Å². The number of methoxy groups -OCH3 is 1. The van der Waals surface area contributed by atoms with Crippen molar-refractivity contribution in [3.05, 3.63) is 29.5 Å². The molecule has 2 heterocycles. The lowest BCUT2D eigenvalue weighted by Gasteiger charge is -2.19. The molecule has 24 heavy (non-hydrogen) atoms. The van der Waals surface area contributed by atoms with Crippen LogP contribution in [0.2, 0.25) is 0 Å². The van der Waals surface area contributed by atoms with Gasteiger partial charge in [0, 0.05) is 30.6 Å². The molecule has 0 spiro atoms. The minimum atomic E-state index is -3.33. The number of hydrogen-bond acceptors (Lipinski definition) is 6. The third-order valence-corrected chi connectivity index (χ3v) is 5.17. The highest BCUT2D eigenvalue weighted by atomic mass is 32.2. The lowest BCUT2D eigenvalue weighted by molar-refractivity contribution is 0.0595. The van der Waals surface area contributed by atoms with Crippen molar-refractivity contribution in [2.45, 2.75) is 0 Å². The monoisotopic (exact) mass is 352 g/mol. The lowest BCUT2D eigenvalue weighted by atomic mass is 10.1. The van der Waals surface area contributed by atoms with Crippen molar-refractivity contribution in [3.8, 4) is 0 Å². The Labute approximate surface area is 138 Å². The molecule has 1 aromatic heterocycles. The fourth-order valence-electron chi connectivity index (χ4n) is 2.54. The van der Waals surface area contributed by atoms with Crippen molar-refractivity contribution in [1.29, 1.82) is 0 Å². The number of esters is 1. The van der Waals surface area contributed by atoms with E-state index in [0.717, 1.165) is 0 Å². The van der Waals surface area contributed by atoms with Gasteiger partial charge in [0.2, 0.25) is 10.0 Å². The standard InChI is InChI=1S/C14H16N4O5S/c1-23-14(20)12-10-8-9(2-3-11(10)16-17-12)13(19)18-5-4-15-24(21,22)7-6-18/h2-3,8,15H,4-7H2,1H3,(H,16,17). The number of sulfonamides is 1. The summed E-state index contributed by atoms with van der Waals surface area (Å²) in [6.45, 7) is 0.572. The molecule has 0 atom stereocenters. The molecule has 9 nitrogen and oxygen atoms in total. The molecule has 1 aromatic carbocycles. The maximum Gasteiger partial charge on any atom is 0.359 e. The molecule has 1 aliphatic rings. The van der Waals surface area contributed by atoms with Crippen LogP contribution in [-0.4, -0.2) is 67.9 Å². The Bertz CT molecular complexity index is 905. The quantitative estimate of drug-likeness (QED) is 0.717. The summed E-state index contributed by atoms with van der Waals surface area (Å²) in [4.78, 5) is 25.8. The molecule has 1 aliphatic heterocycles. The average Bonchev–Trinajstić information content (AvgIpc) is 2.90. The van der Waals surface area contributed by atoms with Gasteiger partial charge in [-0.15, -0.1) is 0 Å². The largest absolute Gasteiger partial charge is 0.464 e. The average molecular weight is 352 g/mol. The van der Waals surface area contributed by atoms with Crippen LogP contribution in [0.4, 0.5) is 0 Å². The molecule has 1 fully saturated rings. The van der Waals surface area contributed by atoms with E-state index >= 15 is 0 Å². The van der Waals surface area contributed by atoms with Gasteiger partial charge in [0.05, 0.1) is 18.4 Å². The summed E-state index contributed by atoms with van der Waals surface area (Å²) >= 11 is 0. The molecule has 128 valence electrons. The van der Waals surface area contributed by atoms with Crippen LogP contribution in [0.3, 0.4) is 0 Å². The Hall–Kier alpha value is -2.46. The van der Waals surface area contributed by atoms with E-state index < -0.39 is 16.0 Å². The van der Waals surface area contributed by atoms with E-state index in [1.165, 1.54) is 12.0 Å². The molecule has 1 saturated heterocycles. The van der Waals surface area contributed by atoms with E-state index in [2.05, 4.69) is 19.7 Å². The first-order chi connectivity index (χ1) is 11.4. The smallest absolute Gasteiger partial charge is 0.359 e. The molecular formula is C14H16N4O5S. The minimum Gasteiger partial charge on any atom is -0.464 e. The molecule has 0 unspecified atom stereocenters. The number of nitrogens with zero attached hydrogens (tertiary/aromatic N) is 2. The number of rotatable bonds is 2. The van der Waals surface area contributed by atoms with Gasteiger partial charge in [-0.1, -0.05) is 0 Å². The first-order valence-electron chi connectivity index (χ1n) is 7.24. The lowest BCUT2D eigenvalue weighted by Crippen LogP contribution is -2.34. The van der Waals surface area contributed by atoms with Gasteiger partial charge in [0.15, 0.2) is 5.69 Å². The van der Waals surface area contributed by atoms with Gasteiger partial charge in [-0.3, -0.25) is 9.89 Å². The highest BCUT2D eigenvalue weighted by molar-refractivity contribution is 7.89. The molecule has 3 rings (SSSR count). The van der Waals surface area contributed by atoms with Crippen LogP contribution < -0.4 is 4.72 Å². The zero-order chi connectivity index (χ0) is 17.3. The normalized spacial score (nSPS) is 17.5. The van der Waals surface area contributed by atoms with Crippen LogP contribution in [0.5, 0.6) is 0 Å². The molecular weight excluding hydrogens is 336 g/mol. The molecule has 0 bridgehead atoms. The number of nitrogens with one attached hydrogen (secondary N) is 2. The van der Waals surface area contributed by atoms with Crippen LogP contribution in [0.15, 0.2) is 18.2 Å². The Morgan fingerprint density at radius 1 is 1.29 bits per heavy atom. The number of carbonyl (C=O) groups excluding carboxylic acids is 2. The van der Waals surface area contributed by atoms with E-state index in [-0.39, 0.29) is 37.0 Å². The van der Waals surface area contributed by atoms with Gasteiger partial charge >= 0.3 is 5.97 Å². The van der Waals surface area contributed by atoms with Gasteiger partial charge in [-0.05, 0) is 18.2 Å². The predicted molar refractivity (Wildman–Crippen MR) is 85.1 cm³/mol. The number of hydrogen-bond donors (Lipinski definition) is 2. The van der Waals surface area contributed by atoms with Gasteiger partial charge in [0.1, 0.15) is 0 Å². The van der Waals surface area contributed by atoms with E-state index in [1.807, 2.05) is 0 Å². The highest BCUT2D eigenvalue weighted by Crippen LogP contribution is 2.19. The number of aromatic nitrogens is 2. The Morgan fingerprint density at radius 2 is 2.08 bits per heavy atom. The molecule has 0 aliphatic carbocycles. The summed E-state index contributed by atoms with van der Waals surface area (Å²) in [6.07, 6.45) is 0. The summed E-state index contributed by atoms with van der Waals surface area (Å²) in [6, 6.07) is 4.81. The number of amides is 1. The fraction of sp³-hybridized carbons (Fsp3) is 0.357. The molecule has 2 N–H and O–H groups in total. The topological polar surface area (TPSA) is 121 Å². The molecule has 1 amide bonds. The highest BCUT2D eigenvalue weighted by Gasteiger charge is 2.24. The fourth-order valence-corrected chi connectivity index (χ4v) is 3.54. The molecule has 0 saturated carbocycles. The molecule has 0 radical (unpaired) electrons. The van der Waals surface area contributed by atoms with Crippen molar-refractivity contribution < 1.29 is 22.7 Å². The first kappa shape index (κ1) is 16.4. The number of fused-ring (bicyclic) bond motifs is 1. The van der Waals surface area contributed by atoms with Gasteiger partial charge in [0.25, 0.3) is 5.91 Å². The van der Waals surface area contributed by atoms with Crippen LogP contribution in [-0.2, 0) is 14.8 Å². The molecule has 2 aromatic rings. The Kier molecular flexibility index (Phi) is 4.24. The van der Waals surface area contributed by atoms with Crippen molar-refractivity contribution in [3.63, 3.8) is 0 Å². The third kappa shape index (κ3) is 3.10. The molecule has 10 heteroatoms.